The molecule has 1 N–H and O–H groups in total. The minimum atomic E-state index is -0.345. The maximum absolute atomic E-state index is 13.5. The molecule has 1 amide bonds. The fraction of sp³-hybridized carbons (Fsp3) is 0.111. The van der Waals surface area contributed by atoms with E-state index in [1.165, 1.54) is 17.4 Å². The van der Waals surface area contributed by atoms with Crippen LogP contribution in [0.1, 0.15) is 11.3 Å². The van der Waals surface area contributed by atoms with Crippen LogP contribution in [0.4, 0.5) is 10.1 Å². The second kappa shape index (κ2) is 7.11. The molecule has 122 valence electrons. The second-order valence-corrected chi connectivity index (χ2v) is 6.58. The Morgan fingerprint density at radius 2 is 2.08 bits per heavy atom. The van der Waals surface area contributed by atoms with Gasteiger partial charge < -0.3 is 5.32 Å². The summed E-state index contributed by atoms with van der Waals surface area (Å²) in [5.74, 6) is -0.586. The summed E-state index contributed by atoms with van der Waals surface area (Å²) in [6.07, 6.45) is 0.121. The Morgan fingerprint density at radius 3 is 2.83 bits per heavy atom. The van der Waals surface area contributed by atoms with Crippen molar-refractivity contribution < 1.29 is 9.18 Å². The van der Waals surface area contributed by atoms with Gasteiger partial charge in [0.25, 0.3) is 0 Å². The van der Waals surface area contributed by atoms with Crippen molar-refractivity contribution >= 4 is 34.5 Å². The van der Waals surface area contributed by atoms with E-state index in [0.717, 1.165) is 10.6 Å². The quantitative estimate of drug-likeness (QED) is 0.704. The van der Waals surface area contributed by atoms with Crippen molar-refractivity contribution in [2.45, 2.75) is 13.3 Å². The predicted molar refractivity (Wildman–Crippen MR) is 96.0 cm³/mol. The zero-order valence-electron chi connectivity index (χ0n) is 12.8. The van der Waals surface area contributed by atoms with E-state index in [1.807, 2.05) is 23.6 Å². The SMILES string of the molecule is Cc1ccc(NC(=O)Cc2csc(-c3ccccc3Cl)n2)cc1F. The van der Waals surface area contributed by atoms with Gasteiger partial charge in [0, 0.05) is 16.6 Å². The van der Waals surface area contributed by atoms with Crippen LogP contribution in [0.5, 0.6) is 0 Å². The highest BCUT2D eigenvalue weighted by atomic mass is 35.5. The van der Waals surface area contributed by atoms with E-state index < -0.39 is 0 Å². The van der Waals surface area contributed by atoms with Gasteiger partial charge >= 0.3 is 0 Å². The molecule has 0 bridgehead atoms. The van der Waals surface area contributed by atoms with Crippen molar-refractivity contribution in [3.8, 4) is 10.6 Å². The number of halogens is 2. The Labute approximate surface area is 148 Å². The first-order valence-corrected chi connectivity index (χ1v) is 8.54. The average molecular weight is 361 g/mol. The van der Waals surface area contributed by atoms with Gasteiger partial charge in [0.15, 0.2) is 0 Å². The molecule has 3 rings (SSSR count). The van der Waals surface area contributed by atoms with Crippen molar-refractivity contribution in [2.75, 3.05) is 5.32 Å². The fourth-order valence-electron chi connectivity index (χ4n) is 2.19. The van der Waals surface area contributed by atoms with Gasteiger partial charge in [-0.05, 0) is 30.7 Å². The number of thiazole rings is 1. The molecule has 0 aliphatic heterocycles. The standard InChI is InChI=1S/C18H14ClFN2OS/c1-11-6-7-12(8-16(11)20)21-17(23)9-13-10-24-18(22-13)14-4-2-3-5-15(14)19/h2-8,10H,9H2,1H3,(H,21,23). The van der Waals surface area contributed by atoms with Crippen LogP contribution >= 0.6 is 22.9 Å². The molecule has 24 heavy (non-hydrogen) atoms. The Hall–Kier alpha value is -2.24. The van der Waals surface area contributed by atoms with Crippen LogP contribution in [0.25, 0.3) is 10.6 Å². The van der Waals surface area contributed by atoms with Crippen LogP contribution in [0.2, 0.25) is 5.02 Å². The van der Waals surface area contributed by atoms with E-state index >= 15 is 0 Å². The van der Waals surface area contributed by atoms with E-state index in [1.54, 1.807) is 25.1 Å². The summed E-state index contributed by atoms with van der Waals surface area (Å²) in [7, 11) is 0. The number of carbonyl (C=O) groups is 1. The third-order valence-electron chi connectivity index (χ3n) is 3.45. The molecule has 0 fully saturated rings. The minimum absolute atomic E-state index is 0.121. The smallest absolute Gasteiger partial charge is 0.230 e. The highest BCUT2D eigenvalue weighted by molar-refractivity contribution is 7.13. The van der Waals surface area contributed by atoms with Crippen molar-refractivity contribution in [2.24, 2.45) is 0 Å². The lowest BCUT2D eigenvalue weighted by atomic mass is 10.2. The van der Waals surface area contributed by atoms with Crippen molar-refractivity contribution in [1.82, 2.24) is 4.98 Å². The Kier molecular flexibility index (Phi) is 4.92. The third-order valence-corrected chi connectivity index (χ3v) is 4.71. The number of amides is 1. The van der Waals surface area contributed by atoms with E-state index in [4.69, 9.17) is 11.6 Å². The van der Waals surface area contributed by atoms with E-state index in [-0.39, 0.29) is 18.1 Å². The molecule has 0 spiro atoms. The Bertz CT molecular complexity index is 894. The highest BCUT2D eigenvalue weighted by Crippen LogP contribution is 2.30. The monoisotopic (exact) mass is 360 g/mol. The van der Waals surface area contributed by atoms with Gasteiger partial charge in [0.1, 0.15) is 10.8 Å². The molecule has 0 unspecified atom stereocenters. The molecular formula is C18H14ClFN2OS. The molecule has 0 radical (unpaired) electrons. The van der Waals surface area contributed by atoms with E-state index in [0.29, 0.717) is 22.0 Å². The first-order valence-electron chi connectivity index (χ1n) is 7.28. The van der Waals surface area contributed by atoms with Crippen LogP contribution < -0.4 is 5.32 Å². The van der Waals surface area contributed by atoms with Crippen LogP contribution in [-0.2, 0) is 11.2 Å². The zero-order chi connectivity index (χ0) is 17.1. The molecule has 2 aromatic carbocycles. The first-order chi connectivity index (χ1) is 11.5. The number of aryl methyl sites for hydroxylation is 1. The number of hydrogen-bond donors (Lipinski definition) is 1. The van der Waals surface area contributed by atoms with Gasteiger partial charge in [0.2, 0.25) is 5.91 Å². The normalized spacial score (nSPS) is 10.6. The molecule has 0 saturated carbocycles. The summed E-state index contributed by atoms with van der Waals surface area (Å²) in [6, 6.07) is 12.0. The first kappa shape index (κ1) is 16.6. The summed E-state index contributed by atoms with van der Waals surface area (Å²) < 4.78 is 13.5. The maximum Gasteiger partial charge on any atom is 0.230 e. The molecule has 1 heterocycles. The molecule has 6 heteroatoms. The molecule has 0 atom stereocenters. The van der Waals surface area contributed by atoms with Gasteiger partial charge in [-0.1, -0.05) is 35.9 Å². The van der Waals surface area contributed by atoms with Crippen molar-refractivity contribution in [3.63, 3.8) is 0 Å². The summed E-state index contributed by atoms with van der Waals surface area (Å²) in [5, 5.41) is 5.90. The number of hydrogen-bond acceptors (Lipinski definition) is 3. The van der Waals surface area contributed by atoms with E-state index in [9.17, 15) is 9.18 Å². The summed E-state index contributed by atoms with van der Waals surface area (Å²) in [6.45, 7) is 1.67. The van der Waals surface area contributed by atoms with Crippen molar-refractivity contribution in [3.05, 3.63) is 69.9 Å². The molecule has 0 aliphatic rings. The Balaban J connectivity index is 1.69. The highest BCUT2D eigenvalue weighted by Gasteiger charge is 2.11. The average Bonchev–Trinajstić information content (AvgIpc) is 2.99. The lowest BCUT2D eigenvalue weighted by Crippen LogP contribution is -2.14. The molecule has 0 saturated heterocycles. The number of nitrogens with one attached hydrogen (secondary N) is 1. The number of rotatable bonds is 4. The molecule has 3 aromatic rings. The van der Waals surface area contributed by atoms with Gasteiger partial charge in [-0.3, -0.25) is 4.79 Å². The topological polar surface area (TPSA) is 42.0 Å². The van der Waals surface area contributed by atoms with E-state index in [2.05, 4.69) is 10.3 Å². The third kappa shape index (κ3) is 3.80. The van der Waals surface area contributed by atoms with Crippen molar-refractivity contribution in [1.29, 1.82) is 0 Å². The van der Waals surface area contributed by atoms with Gasteiger partial charge in [0.05, 0.1) is 17.1 Å². The predicted octanol–water partition coefficient (Wildman–Crippen LogP) is 5.09. The maximum atomic E-state index is 13.5. The number of carbonyl (C=O) groups excluding carboxylic acids is 1. The van der Waals surface area contributed by atoms with Crippen LogP contribution in [0.3, 0.4) is 0 Å². The van der Waals surface area contributed by atoms with Gasteiger partial charge in [-0.2, -0.15) is 0 Å². The van der Waals surface area contributed by atoms with Gasteiger partial charge in [-0.25, -0.2) is 9.37 Å². The molecule has 0 aliphatic carbocycles. The molecule has 1 aromatic heterocycles. The summed E-state index contributed by atoms with van der Waals surface area (Å²) >= 11 is 7.59. The Morgan fingerprint density at radius 1 is 1.29 bits per heavy atom. The number of nitrogens with zero attached hydrogens (tertiary/aromatic N) is 1. The molecule has 3 nitrogen and oxygen atoms in total. The number of benzene rings is 2. The largest absolute Gasteiger partial charge is 0.326 e. The van der Waals surface area contributed by atoms with Gasteiger partial charge in [-0.15, -0.1) is 11.3 Å². The molecular weight excluding hydrogens is 347 g/mol. The van der Waals surface area contributed by atoms with Crippen LogP contribution in [0, 0.1) is 12.7 Å². The lowest BCUT2D eigenvalue weighted by molar-refractivity contribution is -0.115. The zero-order valence-corrected chi connectivity index (χ0v) is 14.4. The number of anilines is 1. The second-order valence-electron chi connectivity index (χ2n) is 5.31. The van der Waals surface area contributed by atoms with Crippen LogP contribution in [-0.4, -0.2) is 10.9 Å². The van der Waals surface area contributed by atoms with Crippen LogP contribution in [0.15, 0.2) is 47.8 Å². The number of aromatic nitrogens is 1. The summed E-state index contributed by atoms with van der Waals surface area (Å²) in [5.41, 5.74) is 2.47. The fourth-order valence-corrected chi connectivity index (χ4v) is 3.33. The lowest BCUT2D eigenvalue weighted by Gasteiger charge is -2.05. The summed E-state index contributed by atoms with van der Waals surface area (Å²) in [4.78, 5) is 16.5. The minimum Gasteiger partial charge on any atom is -0.326 e.